The first-order valence-corrected chi connectivity index (χ1v) is 14.0. The van der Waals surface area contributed by atoms with Gasteiger partial charge in [-0.1, -0.05) is 73.9 Å². The van der Waals surface area contributed by atoms with Gasteiger partial charge in [-0.05, 0) is 60.0 Å². The second-order valence-electron chi connectivity index (χ2n) is 9.16. The molecule has 5 aromatic rings. The van der Waals surface area contributed by atoms with Crippen LogP contribution < -0.4 is 24.3 Å². The summed E-state index contributed by atoms with van der Waals surface area (Å²) in [5, 5.41) is 4.47. The summed E-state index contributed by atoms with van der Waals surface area (Å²) in [5.74, 6) is 2.58. The predicted octanol–water partition coefficient (Wildman–Crippen LogP) is 5.91. The number of benzene rings is 3. The van der Waals surface area contributed by atoms with Gasteiger partial charge in [0.25, 0.3) is 5.56 Å². The Bertz CT molecular complexity index is 1630. The molecule has 200 valence electrons. The van der Waals surface area contributed by atoms with Crippen molar-refractivity contribution in [3.05, 3.63) is 98.8 Å². The number of aromatic nitrogens is 3. The molecule has 2 heterocycles. The Labute approximate surface area is 231 Å². The Morgan fingerprint density at radius 1 is 0.923 bits per heavy atom. The standard InChI is InChI=1S/C31H31N3O4S/c1-3-4-5-9-18-37-25-15-13-24(14-16-25)29-32-31-34(33-29)30(35)28(39-31)20-23-12-17-26(27(19-23)36-2)38-21-22-10-7-6-8-11-22/h6-8,10-17,19-20H,3-5,9,18,21H2,1-2H3/b28-20+. The first kappa shape index (κ1) is 26.4. The number of rotatable bonds is 12. The average molecular weight is 542 g/mol. The van der Waals surface area contributed by atoms with E-state index in [4.69, 9.17) is 14.2 Å². The molecule has 0 amide bonds. The maximum absolute atomic E-state index is 13.1. The summed E-state index contributed by atoms with van der Waals surface area (Å²) in [5.41, 5.74) is 2.53. The Hall–Kier alpha value is -4.17. The summed E-state index contributed by atoms with van der Waals surface area (Å²) in [6, 6.07) is 23.2. The molecule has 0 radical (unpaired) electrons. The van der Waals surface area contributed by atoms with Crippen LogP contribution in [0.3, 0.4) is 0 Å². The number of fused-ring (bicyclic) bond motifs is 1. The topological polar surface area (TPSA) is 75.0 Å². The first-order valence-electron chi connectivity index (χ1n) is 13.1. The van der Waals surface area contributed by atoms with E-state index >= 15 is 0 Å². The zero-order valence-electron chi connectivity index (χ0n) is 22.1. The van der Waals surface area contributed by atoms with Crippen molar-refractivity contribution in [2.45, 2.75) is 39.2 Å². The zero-order chi connectivity index (χ0) is 27.0. The van der Waals surface area contributed by atoms with E-state index in [0.29, 0.717) is 40.0 Å². The molecular weight excluding hydrogens is 510 g/mol. The van der Waals surface area contributed by atoms with Gasteiger partial charge in [-0.2, -0.15) is 9.50 Å². The lowest BCUT2D eigenvalue weighted by atomic mass is 10.2. The number of hydrogen-bond acceptors (Lipinski definition) is 7. The Balaban J connectivity index is 1.30. The minimum Gasteiger partial charge on any atom is -0.494 e. The van der Waals surface area contributed by atoms with E-state index in [-0.39, 0.29) is 5.56 Å². The van der Waals surface area contributed by atoms with E-state index in [1.165, 1.54) is 35.1 Å². The molecule has 0 saturated heterocycles. The molecule has 0 atom stereocenters. The maximum atomic E-state index is 13.1. The van der Waals surface area contributed by atoms with E-state index in [1.807, 2.05) is 78.9 Å². The van der Waals surface area contributed by atoms with E-state index in [1.54, 1.807) is 7.11 Å². The van der Waals surface area contributed by atoms with Gasteiger partial charge in [0.1, 0.15) is 12.4 Å². The van der Waals surface area contributed by atoms with Gasteiger partial charge in [0.15, 0.2) is 17.3 Å². The number of nitrogens with zero attached hydrogens (tertiary/aromatic N) is 3. The summed E-state index contributed by atoms with van der Waals surface area (Å²) >= 11 is 1.30. The average Bonchev–Trinajstić information content (AvgIpc) is 3.52. The van der Waals surface area contributed by atoms with Gasteiger partial charge in [-0.3, -0.25) is 4.79 Å². The molecule has 0 saturated carbocycles. The summed E-state index contributed by atoms with van der Waals surface area (Å²) < 4.78 is 19.2. The monoisotopic (exact) mass is 541 g/mol. The lowest BCUT2D eigenvalue weighted by molar-refractivity contribution is 0.284. The van der Waals surface area contributed by atoms with Crippen molar-refractivity contribution in [3.63, 3.8) is 0 Å². The van der Waals surface area contributed by atoms with Crippen molar-refractivity contribution in [1.29, 1.82) is 0 Å². The summed E-state index contributed by atoms with van der Waals surface area (Å²) in [6.45, 7) is 3.35. The van der Waals surface area contributed by atoms with Gasteiger partial charge >= 0.3 is 0 Å². The SMILES string of the molecule is CCCCCCOc1ccc(-c2nc3s/c(=C/c4ccc(OCc5ccccc5)c(OC)c4)c(=O)n3n2)cc1. The highest BCUT2D eigenvalue weighted by atomic mass is 32.1. The quantitative estimate of drug-likeness (QED) is 0.183. The summed E-state index contributed by atoms with van der Waals surface area (Å²) in [4.78, 5) is 18.2. The minimum absolute atomic E-state index is 0.204. The van der Waals surface area contributed by atoms with Crippen LogP contribution in [0.5, 0.6) is 17.2 Å². The highest BCUT2D eigenvalue weighted by molar-refractivity contribution is 7.15. The van der Waals surface area contributed by atoms with Crippen LogP contribution in [0.25, 0.3) is 22.4 Å². The normalized spacial score (nSPS) is 11.7. The number of thiazole rings is 1. The molecule has 0 N–H and O–H groups in total. The third-order valence-corrected chi connectivity index (χ3v) is 7.24. The molecule has 39 heavy (non-hydrogen) atoms. The number of ether oxygens (including phenoxy) is 3. The second-order valence-corrected chi connectivity index (χ2v) is 10.2. The molecule has 0 unspecified atom stereocenters. The Kier molecular flexibility index (Phi) is 8.53. The summed E-state index contributed by atoms with van der Waals surface area (Å²) in [7, 11) is 1.60. The van der Waals surface area contributed by atoms with Gasteiger partial charge in [-0.15, -0.1) is 5.10 Å². The van der Waals surface area contributed by atoms with Crippen molar-refractivity contribution < 1.29 is 14.2 Å². The fourth-order valence-corrected chi connectivity index (χ4v) is 5.06. The van der Waals surface area contributed by atoms with Crippen LogP contribution in [0.1, 0.15) is 43.7 Å². The lowest BCUT2D eigenvalue weighted by Gasteiger charge is -2.11. The minimum atomic E-state index is -0.204. The van der Waals surface area contributed by atoms with E-state index in [0.717, 1.165) is 28.9 Å². The third-order valence-electron chi connectivity index (χ3n) is 6.28. The van der Waals surface area contributed by atoms with Crippen molar-refractivity contribution in [2.75, 3.05) is 13.7 Å². The van der Waals surface area contributed by atoms with Gasteiger partial charge in [0, 0.05) is 5.56 Å². The van der Waals surface area contributed by atoms with Crippen molar-refractivity contribution in [3.8, 4) is 28.6 Å². The summed E-state index contributed by atoms with van der Waals surface area (Å²) in [6.07, 6.45) is 6.50. The third kappa shape index (κ3) is 6.46. The maximum Gasteiger partial charge on any atom is 0.291 e. The fourth-order valence-electron chi connectivity index (χ4n) is 4.15. The molecular formula is C31H31N3O4S. The van der Waals surface area contributed by atoms with Gasteiger partial charge in [-0.25, -0.2) is 0 Å². The molecule has 8 heteroatoms. The number of methoxy groups -OCH3 is 1. The van der Waals surface area contributed by atoms with E-state index in [2.05, 4.69) is 17.0 Å². The van der Waals surface area contributed by atoms with Crippen LogP contribution in [-0.4, -0.2) is 28.3 Å². The molecule has 0 spiro atoms. The first-order chi connectivity index (χ1) is 19.1. The molecule has 0 aliphatic rings. The molecule has 2 aromatic heterocycles. The molecule has 0 bridgehead atoms. The van der Waals surface area contributed by atoms with Gasteiger partial charge in [0.05, 0.1) is 18.2 Å². The van der Waals surface area contributed by atoms with Gasteiger partial charge < -0.3 is 14.2 Å². The number of hydrogen-bond donors (Lipinski definition) is 0. The van der Waals surface area contributed by atoms with Crippen LogP contribution in [0.4, 0.5) is 0 Å². The molecule has 0 aliphatic heterocycles. The van der Waals surface area contributed by atoms with Crippen molar-refractivity contribution >= 4 is 22.4 Å². The van der Waals surface area contributed by atoms with Crippen LogP contribution in [0.2, 0.25) is 0 Å². The number of unbranched alkanes of at least 4 members (excludes halogenated alkanes) is 3. The smallest absolute Gasteiger partial charge is 0.291 e. The van der Waals surface area contributed by atoms with Crippen molar-refractivity contribution in [1.82, 2.24) is 14.6 Å². The van der Waals surface area contributed by atoms with Crippen LogP contribution in [0.15, 0.2) is 77.6 Å². The lowest BCUT2D eigenvalue weighted by Crippen LogP contribution is -2.23. The largest absolute Gasteiger partial charge is 0.494 e. The van der Waals surface area contributed by atoms with Crippen LogP contribution in [0, 0.1) is 0 Å². The highest BCUT2D eigenvalue weighted by Crippen LogP contribution is 2.29. The van der Waals surface area contributed by atoms with Crippen LogP contribution in [-0.2, 0) is 6.61 Å². The molecule has 3 aromatic carbocycles. The van der Waals surface area contributed by atoms with Gasteiger partial charge in [0.2, 0.25) is 4.96 Å². The van der Waals surface area contributed by atoms with E-state index < -0.39 is 0 Å². The van der Waals surface area contributed by atoms with Crippen molar-refractivity contribution in [2.24, 2.45) is 0 Å². The Morgan fingerprint density at radius 3 is 2.49 bits per heavy atom. The second kappa shape index (κ2) is 12.6. The highest BCUT2D eigenvalue weighted by Gasteiger charge is 2.13. The zero-order valence-corrected chi connectivity index (χ0v) is 22.9. The fraction of sp³-hybridized carbons (Fsp3) is 0.258. The molecule has 0 fully saturated rings. The van der Waals surface area contributed by atoms with E-state index in [9.17, 15) is 4.79 Å². The Morgan fingerprint density at radius 2 is 1.74 bits per heavy atom. The van der Waals surface area contributed by atoms with Crippen LogP contribution >= 0.6 is 11.3 Å². The molecule has 0 aliphatic carbocycles. The molecule has 5 rings (SSSR count). The predicted molar refractivity (Wildman–Crippen MR) is 155 cm³/mol. The molecule has 7 nitrogen and oxygen atoms in total.